The lowest BCUT2D eigenvalue weighted by atomic mass is 10.4. The molecule has 0 unspecified atom stereocenters. The summed E-state index contributed by atoms with van der Waals surface area (Å²) in [5.74, 6) is 0. The van der Waals surface area contributed by atoms with Gasteiger partial charge in [0.25, 0.3) is 0 Å². The third-order valence-corrected chi connectivity index (χ3v) is 5.42. The van der Waals surface area contributed by atoms with Gasteiger partial charge in [-0.25, -0.2) is 8.42 Å². The van der Waals surface area contributed by atoms with E-state index in [2.05, 4.69) is 15.9 Å². The zero-order chi connectivity index (χ0) is 11.1. The predicted molar refractivity (Wildman–Crippen MR) is 58.9 cm³/mol. The summed E-state index contributed by atoms with van der Waals surface area (Å²) >= 11 is 3.22. The Morgan fingerprint density at radius 1 is 1.40 bits per heavy atom. The van der Waals surface area contributed by atoms with Crippen LogP contribution in [0.25, 0.3) is 0 Å². The second-order valence-electron chi connectivity index (χ2n) is 3.57. The first-order valence-corrected chi connectivity index (χ1v) is 6.71. The molecule has 0 amide bonds. The minimum absolute atomic E-state index is 0.218. The van der Waals surface area contributed by atoms with Crippen molar-refractivity contribution in [3.63, 3.8) is 0 Å². The van der Waals surface area contributed by atoms with Crippen LogP contribution in [0.15, 0.2) is 33.6 Å². The minimum Gasteiger partial charge on any atom is -0.222 e. The van der Waals surface area contributed by atoms with Crippen molar-refractivity contribution >= 4 is 25.8 Å². The maximum Gasteiger partial charge on any atom is 0.197 e. The molecule has 3 nitrogen and oxygen atoms in total. The van der Waals surface area contributed by atoms with Gasteiger partial charge in [0.2, 0.25) is 0 Å². The Bertz CT molecular complexity index is 541. The van der Waals surface area contributed by atoms with E-state index in [-0.39, 0.29) is 4.90 Å². The van der Waals surface area contributed by atoms with Crippen molar-refractivity contribution in [3.8, 4) is 6.07 Å². The van der Waals surface area contributed by atoms with Crippen LogP contribution in [-0.2, 0) is 9.84 Å². The molecule has 0 radical (unpaired) electrons. The van der Waals surface area contributed by atoms with Crippen LogP contribution in [-0.4, -0.2) is 13.2 Å². The van der Waals surface area contributed by atoms with Crippen molar-refractivity contribution in [1.82, 2.24) is 0 Å². The predicted octanol–water partition coefficient (Wildman–Crippen LogP) is 2.28. The summed E-state index contributed by atoms with van der Waals surface area (Å²) in [5, 5.41) is 8.88. The smallest absolute Gasteiger partial charge is 0.197 e. The fraction of sp³-hybridized carbons (Fsp3) is 0.300. The highest BCUT2D eigenvalue weighted by atomic mass is 79.9. The van der Waals surface area contributed by atoms with Gasteiger partial charge in [0, 0.05) is 4.47 Å². The first-order valence-electron chi connectivity index (χ1n) is 4.43. The van der Waals surface area contributed by atoms with E-state index < -0.39 is 14.6 Å². The summed E-state index contributed by atoms with van der Waals surface area (Å²) in [6.07, 6.45) is 0.886. The van der Waals surface area contributed by atoms with Gasteiger partial charge >= 0.3 is 0 Å². The third-order valence-electron chi connectivity index (χ3n) is 2.53. The van der Waals surface area contributed by atoms with Crippen LogP contribution < -0.4 is 0 Å². The lowest BCUT2D eigenvalue weighted by Crippen LogP contribution is -2.21. The summed E-state index contributed by atoms with van der Waals surface area (Å²) < 4.78 is 23.7. The molecule has 1 aromatic rings. The molecular weight excluding hydrogens is 278 g/mol. The molecule has 0 saturated heterocycles. The van der Waals surface area contributed by atoms with Gasteiger partial charge in [0.1, 0.15) is 0 Å². The fourth-order valence-electron chi connectivity index (χ4n) is 1.41. The number of hydrogen-bond donors (Lipinski definition) is 0. The number of benzene rings is 1. The van der Waals surface area contributed by atoms with E-state index in [0.717, 1.165) is 0 Å². The lowest BCUT2D eigenvalue weighted by molar-refractivity contribution is 0.588. The van der Waals surface area contributed by atoms with E-state index in [1.54, 1.807) is 12.1 Å². The normalized spacial score (nSPS) is 18.1. The Hall–Kier alpha value is -0.860. The fourth-order valence-corrected chi connectivity index (χ4v) is 3.72. The van der Waals surface area contributed by atoms with E-state index in [9.17, 15) is 8.42 Å². The van der Waals surface area contributed by atoms with Gasteiger partial charge in [0.05, 0.1) is 11.0 Å². The molecule has 0 N–H and O–H groups in total. The number of rotatable bonds is 2. The molecule has 1 fully saturated rings. The van der Waals surface area contributed by atoms with Gasteiger partial charge < -0.3 is 0 Å². The molecule has 0 aromatic heterocycles. The molecule has 15 heavy (non-hydrogen) atoms. The molecule has 1 aromatic carbocycles. The number of sulfone groups is 1. The number of halogens is 1. The van der Waals surface area contributed by atoms with E-state index in [1.807, 2.05) is 6.07 Å². The van der Waals surface area contributed by atoms with Crippen LogP contribution in [0.3, 0.4) is 0 Å². The molecule has 78 valence electrons. The maximum atomic E-state index is 12.1. The molecule has 1 aliphatic rings. The summed E-state index contributed by atoms with van der Waals surface area (Å²) in [6.45, 7) is 0. The van der Waals surface area contributed by atoms with Gasteiger partial charge in [-0.05, 0) is 31.0 Å². The highest BCUT2D eigenvalue weighted by molar-refractivity contribution is 9.10. The molecular formula is C10H8BrNO2S. The van der Waals surface area contributed by atoms with Gasteiger partial charge in [-0.1, -0.05) is 22.0 Å². The van der Waals surface area contributed by atoms with Crippen LogP contribution >= 0.6 is 15.9 Å². The second kappa shape index (κ2) is 3.32. The van der Waals surface area contributed by atoms with Crippen molar-refractivity contribution in [2.24, 2.45) is 0 Å². The lowest BCUT2D eigenvalue weighted by Gasteiger charge is -2.08. The molecule has 0 aliphatic heterocycles. The molecule has 2 rings (SSSR count). The van der Waals surface area contributed by atoms with Gasteiger partial charge in [-0.3, -0.25) is 0 Å². The van der Waals surface area contributed by atoms with Gasteiger partial charge in [0.15, 0.2) is 14.6 Å². The van der Waals surface area contributed by atoms with Crippen molar-refractivity contribution in [2.45, 2.75) is 22.5 Å². The third kappa shape index (κ3) is 1.58. The molecule has 1 saturated carbocycles. The standard InChI is InChI=1S/C10H8BrNO2S/c11-8-2-1-3-9(6-8)15(13,14)10(7-12)4-5-10/h1-3,6H,4-5H2. The van der Waals surface area contributed by atoms with Gasteiger partial charge in [-0.2, -0.15) is 5.26 Å². The zero-order valence-electron chi connectivity index (χ0n) is 7.77. The minimum atomic E-state index is -3.49. The topological polar surface area (TPSA) is 57.9 Å². The summed E-state index contributed by atoms with van der Waals surface area (Å²) in [5.41, 5.74) is 0. The first kappa shape index (κ1) is 10.7. The number of nitrogens with zero attached hydrogens (tertiary/aromatic N) is 1. The molecule has 5 heteroatoms. The molecule has 0 atom stereocenters. The number of nitriles is 1. The van der Waals surface area contributed by atoms with Crippen molar-refractivity contribution in [2.75, 3.05) is 0 Å². The highest BCUT2D eigenvalue weighted by Crippen LogP contribution is 2.46. The summed E-state index contributed by atoms with van der Waals surface area (Å²) in [6, 6.07) is 8.38. The van der Waals surface area contributed by atoms with Crippen LogP contribution in [0, 0.1) is 11.3 Å². The SMILES string of the molecule is N#CC1(S(=O)(=O)c2cccc(Br)c2)CC1. The largest absolute Gasteiger partial charge is 0.222 e. The Morgan fingerprint density at radius 2 is 2.07 bits per heavy atom. The Balaban J connectivity index is 2.53. The van der Waals surface area contributed by atoms with E-state index in [0.29, 0.717) is 17.3 Å². The number of hydrogen-bond acceptors (Lipinski definition) is 3. The van der Waals surface area contributed by atoms with E-state index in [4.69, 9.17) is 5.26 Å². The maximum absolute atomic E-state index is 12.1. The molecule has 0 heterocycles. The van der Waals surface area contributed by atoms with Crippen LogP contribution in [0.2, 0.25) is 0 Å². The van der Waals surface area contributed by atoms with Crippen LogP contribution in [0.1, 0.15) is 12.8 Å². The second-order valence-corrected chi connectivity index (χ2v) is 6.74. The molecule has 0 spiro atoms. The van der Waals surface area contributed by atoms with Crippen molar-refractivity contribution < 1.29 is 8.42 Å². The van der Waals surface area contributed by atoms with Crippen LogP contribution in [0.5, 0.6) is 0 Å². The average molecular weight is 286 g/mol. The van der Waals surface area contributed by atoms with Crippen molar-refractivity contribution in [3.05, 3.63) is 28.7 Å². The Labute approximate surface area is 96.8 Å². The van der Waals surface area contributed by atoms with Gasteiger partial charge in [-0.15, -0.1) is 0 Å². The monoisotopic (exact) mass is 285 g/mol. The molecule has 0 bridgehead atoms. The van der Waals surface area contributed by atoms with E-state index >= 15 is 0 Å². The Kier molecular flexibility index (Phi) is 2.36. The zero-order valence-corrected chi connectivity index (χ0v) is 10.2. The van der Waals surface area contributed by atoms with Crippen LogP contribution in [0.4, 0.5) is 0 Å². The average Bonchev–Trinajstić information content (AvgIpc) is 2.98. The first-order chi connectivity index (χ1) is 7.02. The molecule has 1 aliphatic carbocycles. The van der Waals surface area contributed by atoms with E-state index in [1.165, 1.54) is 12.1 Å². The Morgan fingerprint density at radius 3 is 2.53 bits per heavy atom. The highest BCUT2D eigenvalue weighted by Gasteiger charge is 2.55. The summed E-state index contributed by atoms with van der Waals surface area (Å²) in [7, 11) is -3.49. The quantitative estimate of drug-likeness (QED) is 0.838. The van der Waals surface area contributed by atoms with Crippen molar-refractivity contribution in [1.29, 1.82) is 5.26 Å². The summed E-state index contributed by atoms with van der Waals surface area (Å²) in [4.78, 5) is 0.218.